The van der Waals surface area contributed by atoms with Crippen molar-refractivity contribution in [1.29, 1.82) is 0 Å². The number of hydrogen-bond donors (Lipinski definition) is 1. The van der Waals surface area contributed by atoms with E-state index in [0.29, 0.717) is 5.69 Å². The average molecular weight is 399 g/mol. The van der Waals surface area contributed by atoms with E-state index in [9.17, 15) is 23.1 Å². The highest BCUT2D eigenvalue weighted by Crippen LogP contribution is 2.30. The molecule has 0 spiro atoms. The van der Waals surface area contributed by atoms with Gasteiger partial charge >= 0.3 is 12.1 Å². The van der Waals surface area contributed by atoms with Crippen molar-refractivity contribution in [2.75, 3.05) is 12.1 Å². The molecule has 0 atom stereocenters. The van der Waals surface area contributed by atoms with Gasteiger partial charge in [0.15, 0.2) is 0 Å². The molecule has 29 heavy (non-hydrogen) atoms. The maximum Gasteiger partial charge on any atom is 0.416 e. The molecule has 0 radical (unpaired) electrons. The molecule has 0 saturated heterocycles. The van der Waals surface area contributed by atoms with Crippen LogP contribution in [0.5, 0.6) is 0 Å². The summed E-state index contributed by atoms with van der Waals surface area (Å²) >= 11 is 0. The van der Waals surface area contributed by atoms with Gasteiger partial charge in [-0.15, -0.1) is 0 Å². The number of anilines is 1. The van der Waals surface area contributed by atoms with Crippen molar-refractivity contribution in [3.63, 3.8) is 0 Å². The third-order valence-corrected chi connectivity index (χ3v) is 4.11. The molecule has 8 heteroatoms. The lowest BCUT2D eigenvalue weighted by molar-refractivity contribution is -0.137. The topological polar surface area (TPSA) is 65.8 Å². The number of rotatable bonds is 5. The minimum atomic E-state index is -4.55. The van der Waals surface area contributed by atoms with Gasteiger partial charge in [-0.2, -0.15) is 18.3 Å². The van der Waals surface area contributed by atoms with E-state index in [1.807, 2.05) is 6.07 Å². The summed E-state index contributed by atoms with van der Waals surface area (Å²) in [6.45, 7) is 0. The predicted molar refractivity (Wildman–Crippen MR) is 103 cm³/mol. The van der Waals surface area contributed by atoms with Gasteiger partial charge in [0.2, 0.25) is 0 Å². The zero-order valence-electron chi connectivity index (χ0n) is 15.3. The van der Waals surface area contributed by atoms with E-state index in [2.05, 4.69) is 10.1 Å². The van der Waals surface area contributed by atoms with Crippen molar-refractivity contribution in [3.05, 3.63) is 95.3 Å². The molecular formula is C21H16F3N3O2. The number of halogens is 3. The van der Waals surface area contributed by atoms with Crippen LogP contribution in [-0.4, -0.2) is 28.8 Å². The standard InChI is InChI=1S/C21H16F3N3O2/c1-27(16-9-3-2-4-10-16)26-18(19-17(20(28)29)11-6-12-25-19)14-7-5-8-15(13-14)21(22,23)24/h2-13H,1H3,(H,28,29). The Labute approximate surface area is 164 Å². The van der Waals surface area contributed by atoms with E-state index in [1.54, 1.807) is 31.3 Å². The third kappa shape index (κ3) is 4.60. The van der Waals surface area contributed by atoms with Gasteiger partial charge in [0.1, 0.15) is 11.4 Å². The maximum absolute atomic E-state index is 13.2. The number of aromatic nitrogens is 1. The molecule has 0 saturated carbocycles. The van der Waals surface area contributed by atoms with Crippen LogP contribution in [-0.2, 0) is 6.18 Å². The minimum Gasteiger partial charge on any atom is -0.478 e. The molecule has 0 aliphatic heterocycles. The lowest BCUT2D eigenvalue weighted by atomic mass is 10.0. The van der Waals surface area contributed by atoms with Crippen molar-refractivity contribution in [3.8, 4) is 0 Å². The molecule has 2 aromatic carbocycles. The molecule has 148 valence electrons. The van der Waals surface area contributed by atoms with Gasteiger partial charge in [0.25, 0.3) is 0 Å². The van der Waals surface area contributed by atoms with E-state index >= 15 is 0 Å². The van der Waals surface area contributed by atoms with Crippen LogP contribution in [0.15, 0.2) is 78.0 Å². The molecular weight excluding hydrogens is 383 g/mol. The van der Waals surface area contributed by atoms with Crippen LogP contribution in [0.25, 0.3) is 0 Å². The van der Waals surface area contributed by atoms with Gasteiger partial charge in [-0.3, -0.25) is 9.99 Å². The second kappa shape index (κ2) is 8.14. The average Bonchev–Trinajstić information content (AvgIpc) is 2.72. The molecule has 1 aromatic heterocycles. The molecule has 0 aliphatic rings. The Hall–Kier alpha value is -3.68. The van der Waals surface area contributed by atoms with Crippen LogP contribution in [0.3, 0.4) is 0 Å². The molecule has 0 aliphatic carbocycles. The monoisotopic (exact) mass is 399 g/mol. The predicted octanol–water partition coefficient (Wildman–Crippen LogP) is 4.69. The Balaban J connectivity index is 2.21. The number of alkyl halides is 3. The number of para-hydroxylation sites is 1. The number of carboxylic acids is 1. The van der Waals surface area contributed by atoms with Crippen molar-refractivity contribution in [1.82, 2.24) is 4.98 Å². The number of hydrazone groups is 1. The summed E-state index contributed by atoms with van der Waals surface area (Å²) in [7, 11) is 1.62. The number of carbonyl (C=O) groups is 1. The maximum atomic E-state index is 13.2. The number of nitrogens with zero attached hydrogens (tertiary/aromatic N) is 3. The molecule has 0 fully saturated rings. The van der Waals surface area contributed by atoms with Crippen molar-refractivity contribution in [2.24, 2.45) is 5.10 Å². The van der Waals surface area contributed by atoms with Crippen molar-refractivity contribution in [2.45, 2.75) is 6.18 Å². The van der Waals surface area contributed by atoms with Crippen LogP contribution >= 0.6 is 0 Å². The van der Waals surface area contributed by atoms with Gasteiger partial charge in [0, 0.05) is 18.8 Å². The molecule has 3 aromatic rings. The van der Waals surface area contributed by atoms with Gasteiger partial charge in [-0.05, 0) is 36.4 Å². The molecule has 5 nitrogen and oxygen atoms in total. The van der Waals surface area contributed by atoms with Crippen LogP contribution in [0.2, 0.25) is 0 Å². The van der Waals surface area contributed by atoms with E-state index in [0.717, 1.165) is 12.1 Å². The number of carboxylic acid groups (broad SMARTS) is 1. The van der Waals surface area contributed by atoms with Crippen LogP contribution < -0.4 is 5.01 Å². The fraction of sp³-hybridized carbons (Fsp3) is 0.0952. The molecule has 0 amide bonds. The lowest BCUT2D eigenvalue weighted by Crippen LogP contribution is -2.19. The Bertz CT molecular complexity index is 1050. The third-order valence-electron chi connectivity index (χ3n) is 4.11. The van der Waals surface area contributed by atoms with Crippen molar-refractivity contribution >= 4 is 17.4 Å². The molecule has 0 unspecified atom stereocenters. The Morgan fingerprint density at radius 1 is 1.03 bits per heavy atom. The van der Waals surface area contributed by atoms with Gasteiger partial charge in [0.05, 0.1) is 16.8 Å². The summed E-state index contributed by atoms with van der Waals surface area (Å²) in [6, 6.07) is 16.3. The van der Waals surface area contributed by atoms with Crippen molar-refractivity contribution < 1.29 is 23.1 Å². The summed E-state index contributed by atoms with van der Waals surface area (Å²) in [4.78, 5) is 15.7. The smallest absolute Gasteiger partial charge is 0.416 e. The first kappa shape index (κ1) is 20.1. The summed E-state index contributed by atoms with van der Waals surface area (Å²) in [6.07, 6.45) is -3.18. The second-order valence-electron chi connectivity index (χ2n) is 6.09. The number of pyridine rings is 1. The largest absolute Gasteiger partial charge is 0.478 e. The van der Waals surface area contributed by atoms with Gasteiger partial charge in [-0.25, -0.2) is 4.79 Å². The summed E-state index contributed by atoms with van der Waals surface area (Å²) in [5.41, 5.74) is -0.265. The quantitative estimate of drug-likeness (QED) is 0.499. The number of aromatic carboxylic acids is 1. The number of hydrogen-bond acceptors (Lipinski definition) is 4. The lowest BCUT2D eigenvalue weighted by Gasteiger charge is -2.17. The molecule has 1 N–H and O–H groups in total. The fourth-order valence-electron chi connectivity index (χ4n) is 2.70. The molecule has 1 heterocycles. The molecule has 3 rings (SSSR count). The Kier molecular flexibility index (Phi) is 5.63. The number of benzene rings is 2. The summed E-state index contributed by atoms with van der Waals surface area (Å²) in [5, 5.41) is 15.4. The Morgan fingerprint density at radius 2 is 1.76 bits per heavy atom. The first-order valence-electron chi connectivity index (χ1n) is 8.51. The minimum absolute atomic E-state index is 0.0143. The highest BCUT2D eigenvalue weighted by atomic mass is 19.4. The van der Waals surface area contributed by atoms with Gasteiger partial charge < -0.3 is 5.11 Å². The van der Waals surface area contributed by atoms with Gasteiger partial charge in [-0.1, -0.05) is 30.3 Å². The van der Waals surface area contributed by atoms with Crippen LogP contribution in [0.4, 0.5) is 18.9 Å². The second-order valence-corrected chi connectivity index (χ2v) is 6.09. The first-order valence-corrected chi connectivity index (χ1v) is 8.51. The fourth-order valence-corrected chi connectivity index (χ4v) is 2.70. The normalized spacial score (nSPS) is 11.9. The van der Waals surface area contributed by atoms with E-state index in [4.69, 9.17) is 0 Å². The van der Waals surface area contributed by atoms with E-state index < -0.39 is 17.7 Å². The summed E-state index contributed by atoms with van der Waals surface area (Å²) < 4.78 is 39.6. The zero-order valence-corrected chi connectivity index (χ0v) is 15.3. The SMILES string of the molecule is CN(N=C(c1cccc(C(F)(F)F)c1)c1ncccc1C(=O)O)c1ccccc1. The summed E-state index contributed by atoms with van der Waals surface area (Å²) in [5.74, 6) is -1.25. The Morgan fingerprint density at radius 3 is 2.41 bits per heavy atom. The highest BCUT2D eigenvalue weighted by Gasteiger charge is 2.31. The van der Waals surface area contributed by atoms with E-state index in [-0.39, 0.29) is 22.5 Å². The first-order chi connectivity index (χ1) is 13.8. The molecule has 0 bridgehead atoms. The van der Waals surface area contributed by atoms with E-state index in [1.165, 1.54) is 35.5 Å². The van der Waals surface area contributed by atoms with Crippen LogP contribution in [0.1, 0.15) is 27.2 Å². The zero-order chi connectivity index (χ0) is 21.0. The highest BCUT2D eigenvalue weighted by molar-refractivity contribution is 6.16. The van der Waals surface area contributed by atoms with Crippen LogP contribution in [0, 0.1) is 0 Å².